The molecule has 2 nitrogen and oxygen atoms in total. The van der Waals surface area contributed by atoms with Crippen molar-refractivity contribution in [3.8, 4) is 0 Å². The Labute approximate surface area is 97.1 Å². The molecule has 0 aliphatic rings. The molecular weight excluding hydrogens is 204 g/mol. The second-order valence-corrected chi connectivity index (χ2v) is 5.92. The maximum atomic E-state index is 4.42. The number of rotatable bonds is 5. The van der Waals surface area contributed by atoms with Crippen LogP contribution in [-0.2, 0) is 0 Å². The molecule has 0 spiro atoms. The molecule has 2 unspecified atom stereocenters. The molecule has 1 heterocycles. The zero-order valence-electron chi connectivity index (χ0n) is 10.4. The van der Waals surface area contributed by atoms with E-state index in [-0.39, 0.29) is 0 Å². The van der Waals surface area contributed by atoms with E-state index in [0.29, 0.717) is 17.9 Å². The topological polar surface area (TPSA) is 24.9 Å². The lowest BCUT2D eigenvalue weighted by Crippen LogP contribution is -2.33. The number of hydrogen-bond donors (Lipinski definition) is 1. The number of thiazole rings is 1. The van der Waals surface area contributed by atoms with E-state index in [9.17, 15) is 0 Å². The predicted molar refractivity (Wildman–Crippen MR) is 67.6 cm³/mol. The standard InChI is InChI=1S/C12H22N2S/c1-8(2)11(5)13-6-9(3)12-14-7-10(4)15-12/h7-9,11,13H,6H2,1-5H3. The van der Waals surface area contributed by atoms with Gasteiger partial charge in [0.05, 0.1) is 5.01 Å². The third-order valence-corrected chi connectivity index (χ3v) is 3.95. The van der Waals surface area contributed by atoms with Gasteiger partial charge in [-0.15, -0.1) is 11.3 Å². The van der Waals surface area contributed by atoms with Crippen LogP contribution in [0.25, 0.3) is 0 Å². The fraction of sp³-hybridized carbons (Fsp3) is 0.750. The largest absolute Gasteiger partial charge is 0.313 e. The van der Waals surface area contributed by atoms with E-state index in [2.05, 4.69) is 44.9 Å². The number of hydrogen-bond acceptors (Lipinski definition) is 3. The second-order valence-electron chi connectivity index (χ2n) is 4.65. The van der Waals surface area contributed by atoms with Crippen molar-refractivity contribution in [1.29, 1.82) is 0 Å². The lowest BCUT2D eigenvalue weighted by atomic mass is 10.1. The fourth-order valence-corrected chi connectivity index (χ4v) is 2.11. The first-order valence-electron chi connectivity index (χ1n) is 5.66. The van der Waals surface area contributed by atoms with Crippen molar-refractivity contribution in [2.45, 2.75) is 46.6 Å². The van der Waals surface area contributed by atoms with E-state index in [1.54, 1.807) is 11.3 Å². The summed E-state index contributed by atoms with van der Waals surface area (Å²) in [7, 11) is 0. The number of aromatic nitrogens is 1. The van der Waals surface area contributed by atoms with Gasteiger partial charge in [-0.05, 0) is 19.8 Å². The van der Waals surface area contributed by atoms with Crippen molar-refractivity contribution in [1.82, 2.24) is 10.3 Å². The Kier molecular flexibility index (Phi) is 4.74. The van der Waals surface area contributed by atoms with Crippen LogP contribution in [0.4, 0.5) is 0 Å². The SMILES string of the molecule is Cc1cnc(C(C)CNC(C)C(C)C)s1. The summed E-state index contributed by atoms with van der Waals surface area (Å²) in [6.07, 6.45) is 1.96. The highest BCUT2D eigenvalue weighted by atomic mass is 32.1. The molecule has 0 aliphatic heterocycles. The molecule has 15 heavy (non-hydrogen) atoms. The summed E-state index contributed by atoms with van der Waals surface area (Å²) in [5, 5.41) is 4.80. The quantitative estimate of drug-likeness (QED) is 0.834. The molecule has 1 rings (SSSR count). The van der Waals surface area contributed by atoms with Gasteiger partial charge in [0.25, 0.3) is 0 Å². The molecule has 0 amide bonds. The Morgan fingerprint density at radius 3 is 2.47 bits per heavy atom. The van der Waals surface area contributed by atoms with Crippen LogP contribution in [0, 0.1) is 12.8 Å². The first-order valence-corrected chi connectivity index (χ1v) is 6.48. The van der Waals surface area contributed by atoms with Gasteiger partial charge in [-0.1, -0.05) is 20.8 Å². The highest BCUT2D eigenvalue weighted by Crippen LogP contribution is 2.20. The molecule has 0 aliphatic carbocycles. The average Bonchev–Trinajstić information content (AvgIpc) is 2.60. The van der Waals surface area contributed by atoms with Gasteiger partial charge in [-0.2, -0.15) is 0 Å². The Bertz CT molecular complexity index is 294. The monoisotopic (exact) mass is 226 g/mol. The van der Waals surface area contributed by atoms with Gasteiger partial charge in [0.15, 0.2) is 0 Å². The Morgan fingerprint density at radius 2 is 2.00 bits per heavy atom. The van der Waals surface area contributed by atoms with Gasteiger partial charge < -0.3 is 5.32 Å². The molecule has 1 N–H and O–H groups in total. The first kappa shape index (κ1) is 12.7. The van der Waals surface area contributed by atoms with Gasteiger partial charge in [0.1, 0.15) is 0 Å². The van der Waals surface area contributed by atoms with Gasteiger partial charge >= 0.3 is 0 Å². The maximum Gasteiger partial charge on any atom is 0.0968 e. The minimum atomic E-state index is 0.518. The highest BCUT2D eigenvalue weighted by molar-refractivity contribution is 7.11. The maximum absolute atomic E-state index is 4.42. The van der Waals surface area contributed by atoms with E-state index in [1.165, 1.54) is 9.88 Å². The Hall–Kier alpha value is -0.410. The molecule has 1 aromatic rings. The van der Waals surface area contributed by atoms with Gasteiger partial charge in [0, 0.05) is 29.6 Å². The molecular formula is C12H22N2S. The summed E-state index contributed by atoms with van der Waals surface area (Å²) in [5.74, 6) is 1.21. The smallest absolute Gasteiger partial charge is 0.0968 e. The van der Waals surface area contributed by atoms with Crippen LogP contribution in [-0.4, -0.2) is 17.6 Å². The number of aryl methyl sites for hydroxylation is 1. The van der Waals surface area contributed by atoms with Crippen molar-refractivity contribution < 1.29 is 0 Å². The van der Waals surface area contributed by atoms with Crippen molar-refractivity contribution in [2.24, 2.45) is 5.92 Å². The van der Waals surface area contributed by atoms with Gasteiger partial charge in [0.2, 0.25) is 0 Å². The summed E-state index contributed by atoms with van der Waals surface area (Å²) in [6.45, 7) is 12.1. The molecule has 0 radical (unpaired) electrons. The van der Waals surface area contributed by atoms with Crippen LogP contribution < -0.4 is 5.32 Å². The molecule has 0 saturated carbocycles. The van der Waals surface area contributed by atoms with Crippen molar-refractivity contribution in [2.75, 3.05) is 6.54 Å². The zero-order valence-corrected chi connectivity index (χ0v) is 11.2. The molecule has 0 bridgehead atoms. The van der Waals surface area contributed by atoms with Gasteiger partial charge in [-0.25, -0.2) is 4.98 Å². The fourth-order valence-electron chi connectivity index (χ4n) is 1.29. The summed E-state index contributed by atoms with van der Waals surface area (Å²) >= 11 is 1.80. The molecule has 2 atom stereocenters. The lowest BCUT2D eigenvalue weighted by Gasteiger charge is -2.19. The van der Waals surface area contributed by atoms with Crippen LogP contribution in [0.2, 0.25) is 0 Å². The molecule has 1 aromatic heterocycles. The first-order chi connectivity index (χ1) is 7.00. The van der Waals surface area contributed by atoms with E-state index in [0.717, 1.165) is 6.54 Å². The summed E-state index contributed by atoms with van der Waals surface area (Å²) < 4.78 is 0. The Morgan fingerprint density at radius 1 is 1.33 bits per heavy atom. The van der Waals surface area contributed by atoms with Crippen LogP contribution in [0.1, 0.15) is 43.5 Å². The van der Waals surface area contributed by atoms with E-state index < -0.39 is 0 Å². The molecule has 0 fully saturated rings. The van der Waals surface area contributed by atoms with Crippen molar-refractivity contribution in [3.63, 3.8) is 0 Å². The summed E-state index contributed by atoms with van der Waals surface area (Å²) in [4.78, 5) is 5.72. The predicted octanol–water partition coefficient (Wildman–Crippen LogP) is 3.19. The van der Waals surface area contributed by atoms with Crippen molar-refractivity contribution >= 4 is 11.3 Å². The molecule has 0 saturated heterocycles. The number of nitrogens with one attached hydrogen (secondary N) is 1. The van der Waals surface area contributed by atoms with E-state index >= 15 is 0 Å². The minimum Gasteiger partial charge on any atom is -0.313 e. The van der Waals surface area contributed by atoms with Crippen LogP contribution in [0.15, 0.2) is 6.20 Å². The normalized spacial score (nSPS) is 15.6. The van der Waals surface area contributed by atoms with E-state index in [1.807, 2.05) is 6.20 Å². The van der Waals surface area contributed by atoms with Gasteiger partial charge in [-0.3, -0.25) is 0 Å². The molecule has 3 heteroatoms. The highest BCUT2D eigenvalue weighted by Gasteiger charge is 2.12. The average molecular weight is 226 g/mol. The molecule has 0 aromatic carbocycles. The van der Waals surface area contributed by atoms with Crippen LogP contribution in [0.5, 0.6) is 0 Å². The van der Waals surface area contributed by atoms with Crippen LogP contribution in [0.3, 0.4) is 0 Å². The van der Waals surface area contributed by atoms with Crippen molar-refractivity contribution in [3.05, 3.63) is 16.1 Å². The summed E-state index contributed by atoms with van der Waals surface area (Å²) in [5.41, 5.74) is 0. The molecule has 86 valence electrons. The second kappa shape index (κ2) is 5.61. The summed E-state index contributed by atoms with van der Waals surface area (Å²) in [6, 6.07) is 0.577. The lowest BCUT2D eigenvalue weighted by molar-refractivity contribution is 0.416. The third kappa shape index (κ3) is 3.92. The van der Waals surface area contributed by atoms with Crippen LogP contribution >= 0.6 is 11.3 Å². The zero-order chi connectivity index (χ0) is 11.4. The third-order valence-electron chi connectivity index (χ3n) is 2.81. The Balaban J connectivity index is 2.39. The number of nitrogens with zero attached hydrogens (tertiary/aromatic N) is 1. The van der Waals surface area contributed by atoms with E-state index in [4.69, 9.17) is 0 Å². The minimum absolute atomic E-state index is 0.518.